The van der Waals surface area contributed by atoms with Crippen LogP contribution in [-0.2, 0) is 12.6 Å². The summed E-state index contributed by atoms with van der Waals surface area (Å²) in [6.07, 6.45) is -10.2. The van der Waals surface area contributed by atoms with E-state index in [0.717, 1.165) is 4.52 Å². The van der Waals surface area contributed by atoms with Crippen LogP contribution in [0.3, 0.4) is 0 Å². The van der Waals surface area contributed by atoms with Crippen LogP contribution in [0.15, 0.2) is 30.3 Å². The van der Waals surface area contributed by atoms with Gasteiger partial charge in [0.25, 0.3) is 11.6 Å². The van der Waals surface area contributed by atoms with Gasteiger partial charge in [-0.1, -0.05) is 12.1 Å². The van der Waals surface area contributed by atoms with Crippen LogP contribution in [0.5, 0.6) is 0 Å². The first-order valence-corrected chi connectivity index (χ1v) is 7.25. The van der Waals surface area contributed by atoms with Crippen molar-refractivity contribution in [2.24, 2.45) is 0 Å². The average Bonchev–Trinajstić information content (AvgIpc) is 2.90. The highest BCUT2D eigenvalue weighted by atomic mass is 19.4. The molecule has 3 rings (SSSR count). The lowest BCUT2D eigenvalue weighted by atomic mass is 10.1. The molecule has 11 heteroatoms. The quantitative estimate of drug-likeness (QED) is 0.694. The summed E-state index contributed by atoms with van der Waals surface area (Å²) in [5.74, 6) is -1.53. The molecule has 0 aliphatic rings. The highest BCUT2D eigenvalue weighted by Gasteiger charge is 2.37. The first kappa shape index (κ1) is 18.0. The molecule has 0 aliphatic heterocycles. The molecule has 0 amide bonds. The van der Waals surface area contributed by atoms with E-state index in [0.29, 0.717) is 5.69 Å². The third-order valence-corrected chi connectivity index (χ3v) is 3.30. The number of hydrogen-bond donors (Lipinski definition) is 1. The Labute approximate surface area is 142 Å². The second kappa shape index (κ2) is 6.15. The SMILES string of the molecule is Cc1cc(Nc2cccc(CC(F)(F)F)c2)n2nc(C(F)(F)F)nc2n1. The number of nitrogens with one attached hydrogen (secondary N) is 1. The fraction of sp³-hybridized carbons (Fsp3) is 0.267. The normalized spacial score (nSPS) is 12.6. The number of halogens is 6. The van der Waals surface area contributed by atoms with Crippen LogP contribution in [-0.4, -0.2) is 25.8 Å². The van der Waals surface area contributed by atoms with Crippen molar-refractivity contribution in [3.8, 4) is 0 Å². The topological polar surface area (TPSA) is 55.1 Å². The Kier molecular flexibility index (Phi) is 4.24. The molecule has 1 N–H and O–H groups in total. The van der Waals surface area contributed by atoms with Crippen molar-refractivity contribution in [2.75, 3.05) is 5.32 Å². The number of alkyl halides is 6. The average molecular weight is 375 g/mol. The van der Waals surface area contributed by atoms with Gasteiger partial charge in [0.1, 0.15) is 5.82 Å². The molecule has 3 aromatic rings. The Morgan fingerprint density at radius 3 is 2.42 bits per heavy atom. The van der Waals surface area contributed by atoms with E-state index in [2.05, 4.69) is 20.4 Å². The Balaban J connectivity index is 1.98. The minimum atomic E-state index is -4.74. The fourth-order valence-corrected chi connectivity index (χ4v) is 2.33. The van der Waals surface area contributed by atoms with Crippen molar-refractivity contribution in [3.63, 3.8) is 0 Å². The van der Waals surface area contributed by atoms with E-state index < -0.39 is 24.6 Å². The summed E-state index contributed by atoms with van der Waals surface area (Å²) >= 11 is 0. The maximum absolute atomic E-state index is 12.8. The molecule has 0 saturated heterocycles. The molecule has 5 nitrogen and oxygen atoms in total. The summed E-state index contributed by atoms with van der Waals surface area (Å²) in [6.45, 7) is 1.55. The molecule has 26 heavy (non-hydrogen) atoms. The van der Waals surface area contributed by atoms with E-state index in [1.54, 1.807) is 6.92 Å². The van der Waals surface area contributed by atoms with Crippen LogP contribution in [0.4, 0.5) is 37.8 Å². The molecule has 1 aromatic carbocycles. The number of benzene rings is 1. The molecule has 0 aliphatic carbocycles. The van der Waals surface area contributed by atoms with Crippen molar-refractivity contribution >= 4 is 17.3 Å². The predicted octanol–water partition coefficient (Wildman–Crippen LogP) is 4.30. The van der Waals surface area contributed by atoms with Crippen LogP contribution in [0.2, 0.25) is 0 Å². The van der Waals surface area contributed by atoms with E-state index in [9.17, 15) is 26.3 Å². The van der Waals surface area contributed by atoms with Gasteiger partial charge in [0.05, 0.1) is 6.42 Å². The first-order valence-electron chi connectivity index (χ1n) is 7.25. The largest absolute Gasteiger partial charge is 0.453 e. The third-order valence-electron chi connectivity index (χ3n) is 3.30. The summed E-state index contributed by atoms with van der Waals surface area (Å²) in [5.41, 5.74) is 0.648. The number of rotatable bonds is 3. The van der Waals surface area contributed by atoms with Crippen LogP contribution in [0, 0.1) is 6.92 Å². The summed E-state index contributed by atoms with van der Waals surface area (Å²) < 4.78 is 76.8. The van der Waals surface area contributed by atoms with Gasteiger partial charge in [-0.2, -0.15) is 35.8 Å². The third kappa shape index (κ3) is 4.03. The van der Waals surface area contributed by atoms with Gasteiger partial charge in [0.2, 0.25) is 0 Å². The second-order valence-electron chi connectivity index (χ2n) is 5.55. The van der Waals surface area contributed by atoms with Crippen LogP contribution >= 0.6 is 0 Å². The van der Waals surface area contributed by atoms with Crippen LogP contribution in [0.1, 0.15) is 17.1 Å². The maximum atomic E-state index is 12.8. The highest BCUT2D eigenvalue weighted by molar-refractivity contribution is 5.59. The standard InChI is InChI=1S/C15H11F6N5/c1-8-5-11(26-13(22-8)24-12(25-26)15(19,20)21)23-10-4-2-3-9(6-10)7-14(16,17)18/h2-6,23H,7H2,1H3. The van der Waals surface area contributed by atoms with E-state index in [-0.39, 0.29) is 22.8 Å². The Hall–Kier alpha value is -2.85. The van der Waals surface area contributed by atoms with Crippen molar-refractivity contribution in [1.82, 2.24) is 19.6 Å². The van der Waals surface area contributed by atoms with E-state index in [1.807, 2.05) is 0 Å². The van der Waals surface area contributed by atoms with Crippen LogP contribution < -0.4 is 5.32 Å². The molecule has 0 fully saturated rings. The van der Waals surface area contributed by atoms with Crippen molar-refractivity contribution in [1.29, 1.82) is 0 Å². The summed E-state index contributed by atoms with van der Waals surface area (Å²) in [5, 5.41) is 6.14. The zero-order chi connectivity index (χ0) is 19.1. The Morgan fingerprint density at radius 1 is 1.04 bits per heavy atom. The second-order valence-corrected chi connectivity index (χ2v) is 5.55. The molecular weight excluding hydrogens is 364 g/mol. The first-order chi connectivity index (χ1) is 12.0. The molecule has 0 saturated carbocycles. The van der Waals surface area contributed by atoms with Crippen molar-refractivity contribution in [2.45, 2.75) is 25.7 Å². The van der Waals surface area contributed by atoms with Gasteiger partial charge in [-0.05, 0) is 24.6 Å². The van der Waals surface area contributed by atoms with Gasteiger partial charge in [-0.15, -0.1) is 5.10 Å². The lowest BCUT2D eigenvalue weighted by Crippen LogP contribution is -2.11. The molecule has 0 radical (unpaired) electrons. The number of nitrogens with zero attached hydrogens (tertiary/aromatic N) is 4. The Bertz CT molecular complexity index is 944. The van der Waals surface area contributed by atoms with Gasteiger partial charge in [0, 0.05) is 17.4 Å². The summed E-state index contributed by atoms with van der Waals surface area (Å²) in [4.78, 5) is 7.22. The number of hydrogen-bond acceptors (Lipinski definition) is 4. The lowest BCUT2D eigenvalue weighted by Gasteiger charge is -2.11. The molecule has 2 aromatic heterocycles. The van der Waals surface area contributed by atoms with E-state index in [1.165, 1.54) is 30.3 Å². The number of aryl methyl sites for hydroxylation is 1. The summed E-state index contributed by atoms with van der Waals surface area (Å²) in [6, 6.07) is 6.89. The molecule has 0 bridgehead atoms. The number of aromatic nitrogens is 4. The summed E-state index contributed by atoms with van der Waals surface area (Å²) in [7, 11) is 0. The van der Waals surface area contributed by atoms with Crippen LogP contribution in [0.25, 0.3) is 5.78 Å². The zero-order valence-corrected chi connectivity index (χ0v) is 13.2. The minimum Gasteiger partial charge on any atom is -0.340 e. The van der Waals surface area contributed by atoms with E-state index >= 15 is 0 Å². The lowest BCUT2D eigenvalue weighted by molar-refractivity contribution is -0.144. The number of anilines is 2. The van der Waals surface area contributed by atoms with Crippen molar-refractivity contribution in [3.05, 3.63) is 47.4 Å². The molecular formula is C15H11F6N5. The van der Waals surface area contributed by atoms with Gasteiger partial charge >= 0.3 is 12.4 Å². The molecule has 0 atom stereocenters. The maximum Gasteiger partial charge on any atom is 0.453 e. The van der Waals surface area contributed by atoms with Gasteiger partial charge in [-0.25, -0.2) is 4.98 Å². The molecule has 2 heterocycles. The minimum absolute atomic E-state index is 0.0130. The monoisotopic (exact) mass is 375 g/mol. The van der Waals surface area contributed by atoms with E-state index in [4.69, 9.17) is 0 Å². The fourth-order valence-electron chi connectivity index (χ4n) is 2.33. The van der Waals surface area contributed by atoms with Gasteiger partial charge in [0.15, 0.2) is 0 Å². The zero-order valence-electron chi connectivity index (χ0n) is 13.2. The molecule has 138 valence electrons. The molecule has 0 unspecified atom stereocenters. The Morgan fingerprint density at radius 2 is 1.77 bits per heavy atom. The van der Waals surface area contributed by atoms with Crippen molar-refractivity contribution < 1.29 is 26.3 Å². The predicted molar refractivity (Wildman–Crippen MR) is 80.0 cm³/mol. The highest BCUT2D eigenvalue weighted by Crippen LogP contribution is 2.28. The van der Waals surface area contributed by atoms with Gasteiger partial charge < -0.3 is 5.32 Å². The molecule has 0 spiro atoms. The smallest absolute Gasteiger partial charge is 0.340 e. The number of fused-ring (bicyclic) bond motifs is 1. The van der Waals surface area contributed by atoms with Gasteiger partial charge in [-0.3, -0.25) is 0 Å².